The van der Waals surface area contributed by atoms with Gasteiger partial charge in [0.05, 0.1) is 6.61 Å². The third kappa shape index (κ3) is 3.60. The molecule has 3 nitrogen and oxygen atoms in total. The molecular weight excluding hydrogens is 180 g/mol. The summed E-state index contributed by atoms with van der Waals surface area (Å²) in [5.74, 6) is 0.399. The maximum atomic E-state index is 8.83. The lowest BCUT2D eigenvalue weighted by molar-refractivity contribution is 0.147. The molecule has 0 heterocycles. The topological polar surface area (TPSA) is 49.7 Å². The highest BCUT2D eigenvalue weighted by atomic mass is 16.5. The van der Waals surface area contributed by atoms with Crippen LogP contribution in [0.5, 0.6) is 0 Å². The molecule has 0 aliphatic rings. The van der Waals surface area contributed by atoms with Gasteiger partial charge in [-0.3, -0.25) is 0 Å². The van der Waals surface area contributed by atoms with Crippen LogP contribution in [0.1, 0.15) is 5.56 Å². The van der Waals surface area contributed by atoms with Gasteiger partial charge in [0, 0.05) is 0 Å². The van der Waals surface area contributed by atoms with E-state index in [-0.39, 0.29) is 13.2 Å². The van der Waals surface area contributed by atoms with Gasteiger partial charge >= 0.3 is 0 Å². The van der Waals surface area contributed by atoms with Crippen LogP contribution in [0.25, 0.3) is 0 Å². The van der Waals surface area contributed by atoms with E-state index in [1.165, 1.54) is 6.08 Å². The molecule has 1 aromatic rings. The van der Waals surface area contributed by atoms with Crippen LogP contribution < -0.4 is 0 Å². The Morgan fingerprint density at radius 3 is 2.50 bits per heavy atom. The zero-order chi connectivity index (χ0) is 10.2. The Bertz CT molecular complexity index is 280. The summed E-state index contributed by atoms with van der Waals surface area (Å²) in [7, 11) is 0. The molecule has 0 amide bonds. The molecule has 76 valence electrons. The van der Waals surface area contributed by atoms with Gasteiger partial charge in [0.25, 0.3) is 0 Å². The van der Waals surface area contributed by atoms with Crippen molar-refractivity contribution in [1.82, 2.24) is 0 Å². The molecule has 0 unspecified atom stereocenters. The van der Waals surface area contributed by atoms with Crippen molar-refractivity contribution in [2.75, 3.05) is 13.2 Å². The Morgan fingerprint density at radius 2 is 1.93 bits per heavy atom. The molecule has 0 aromatic heterocycles. The highest BCUT2D eigenvalue weighted by Gasteiger charge is 1.96. The lowest BCUT2D eigenvalue weighted by Crippen LogP contribution is -1.99. The van der Waals surface area contributed by atoms with E-state index in [0.29, 0.717) is 12.4 Å². The molecule has 0 radical (unpaired) electrons. The first-order valence-corrected chi connectivity index (χ1v) is 4.44. The first-order chi connectivity index (χ1) is 6.86. The Labute approximate surface area is 83.3 Å². The molecule has 0 aliphatic heterocycles. The maximum absolute atomic E-state index is 8.83. The molecule has 0 spiro atoms. The highest BCUT2D eigenvalue weighted by molar-refractivity contribution is 5.13. The fourth-order valence-corrected chi connectivity index (χ4v) is 1.02. The zero-order valence-electron chi connectivity index (χ0n) is 7.89. The standard InChI is InChI=1S/C11H14O3/c12-7-6-11(8-13)14-9-10-4-2-1-3-5-10/h1-6,12-13H,7-9H2/b11-6-. The maximum Gasteiger partial charge on any atom is 0.120 e. The summed E-state index contributed by atoms with van der Waals surface area (Å²) in [5, 5.41) is 17.4. The summed E-state index contributed by atoms with van der Waals surface area (Å²) in [5.41, 5.74) is 1.03. The summed E-state index contributed by atoms with van der Waals surface area (Å²) in [6.07, 6.45) is 1.45. The van der Waals surface area contributed by atoms with E-state index in [1.54, 1.807) is 0 Å². The SMILES string of the molecule is OC/C=C(/CO)OCc1ccccc1. The lowest BCUT2D eigenvalue weighted by Gasteiger charge is -2.07. The van der Waals surface area contributed by atoms with E-state index in [4.69, 9.17) is 14.9 Å². The summed E-state index contributed by atoms with van der Waals surface area (Å²) < 4.78 is 5.27. The van der Waals surface area contributed by atoms with E-state index in [1.807, 2.05) is 30.3 Å². The molecule has 0 saturated carbocycles. The fourth-order valence-electron chi connectivity index (χ4n) is 1.02. The molecule has 2 N–H and O–H groups in total. The summed E-state index contributed by atoms with van der Waals surface area (Å²) in [6, 6.07) is 9.65. The minimum atomic E-state index is -0.187. The molecule has 0 atom stereocenters. The van der Waals surface area contributed by atoms with Crippen LogP contribution in [0.3, 0.4) is 0 Å². The first-order valence-electron chi connectivity index (χ1n) is 4.44. The molecule has 0 saturated heterocycles. The molecule has 0 bridgehead atoms. The van der Waals surface area contributed by atoms with Crippen molar-refractivity contribution in [1.29, 1.82) is 0 Å². The van der Waals surface area contributed by atoms with E-state index in [9.17, 15) is 0 Å². The van der Waals surface area contributed by atoms with Crippen molar-refractivity contribution >= 4 is 0 Å². The average molecular weight is 194 g/mol. The van der Waals surface area contributed by atoms with Crippen LogP contribution in [0.2, 0.25) is 0 Å². The second-order valence-electron chi connectivity index (χ2n) is 2.79. The number of hydrogen-bond donors (Lipinski definition) is 2. The van der Waals surface area contributed by atoms with Crippen LogP contribution in [0.15, 0.2) is 42.2 Å². The highest BCUT2D eigenvalue weighted by Crippen LogP contribution is 2.04. The third-order valence-electron chi connectivity index (χ3n) is 1.74. The minimum Gasteiger partial charge on any atom is -0.491 e. The summed E-state index contributed by atoms with van der Waals surface area (Å²) in [4.78, 5) is 0. The number of benzene rings is 1. The van der Waals surface area contributed by atoms with Gasteiger partial charge < -0.3 is 14.9 Å². The van der Waals surface area contributed by atoms with Gasteiger partial charge in [0.1, 0.15) is 19.0 Å². The summed E-state index contributed by atoms with van der Waals surface area (Å²) in [6.45, 7) is 0.102. The van der Waals surface area contributed by atoms with Crippen molar-refractivity contribution in [2.24, 2.45) is 0 Å². The van der Waals surface area contributed by atoms with Gasteiger partial charge in [-0.05, 0) is 11.6 Å². The van der Waals surface area contributed by atoms with Crippen LogP contribution in [-0.2, 0) is 11.3 Å². The van der Waals surface area contributed by atoms with Crippen molar-refractivity contribution < 1.29 is 14.9 Å². The number of aliphatic hydroxyl groups is 2. The summed E-state index contributed by atoms with van der Waals surface area (Å²) >= 11 is 0. The normalized spacial score (nSPS) is 11.4. The minimum absolute atomic E-state index is 0.120. The molecule has 1 rings (SSSR count). The zero-order valence-corrected chi connectivity index (χ0v) is 7.89. The fraction of sp³-hybridized carbons (Fsp3) is 0.273. The molecular formula is C11H14O3. The van der Waals surface area contributed by atoms with E-state index in [0.717, 1.165) is 5.56 Å². The average Bonchev–Trinajstić information content (AvgIpc) is 2.25. The van der Waals surface area contributed by atoms with Crippen LogP contribution in [0.4, 0.5) is 0 Å². The largest absolute Gasteiger partial charge is 0.491 e. The Balaban J connectivity index is 2.44. The van der Waals surface area contributed by atoms with Crippen LogP contribution >= 0.6 is 0 Å². The Morgan fingerprint density at radius 1 is 1.21 bits per heavy atom. The van der Waals surface area contributed by atoms with Crippen molar-refractivity contribution in [2.45, 2.75) is 6.61 Å². The Kier molecular flexibility index (Phi) is 4.75. The van der Waals surface area contributed by atoms with E-state index < -0.39 is 0 Å². The Hall–Kier alpha value is -1.32. The van der Waals surface area contributed by atoms with Gasteiger partial charge in [-0.25, -0.2) is 0 Å². The number of aliphatic hydroxyl groups excluding tert-OH is 2. The smallest absolute Gasteiger partial charge is 0.120 e. The quantitative estimate of drug-likeness (QED) is 0.689. The van der Waals surface area contributed by atoms with E-state index >= 15 is 0 Å². The predicted octanol–water partition coefficient (Wildman–Crippen LogP) is 1.07. The van der Waals surface area contributed by atoms with Gasteiger partial charge in [-0.1, -0.05) is 30.3 Å². The molecule has 14 heavy (non-hydrogen) atoms. The van der Waals surface area contributed by atoms with Crippen molar-refractivity contribution in [3.63, 3.8) is 0 Å². The van der Waals surface area contributed by atoms with E-state index in [2.05, 4.69) is 0 Å². The predicted molar refractivity (Wildman–Crippen MR) is 53.5 cm³/mol. The monoisotopic (exact) mass is 194 g/mol. The van der Waals surface area contributed by atoms with Gasteiger partial charge in [-0.15, -0.1) is 0 Å². The molecule has 3 heteroatoms. The number of ether oxygens (including phenoxy) is 1. The number of hydrogen-bond acceptors (Lipinski definition) is 3. The second kappa shape index (κ2) is 6.18. The first kappa shape index (κ1) is 10.8. The van der Waals surface area contributed by atoms with Crippen molar-refractivity contribution in [3.05, 3.63) is 47.7 Å². The molecule has 0 aliphatic carbocycles. The van der Waals surface area contributed by atoms with Crippen LogP contribution in [-0.4, -0.2) is 23.4 Å². The van der Waals surface area contributed by atoms with Gasteiger partial charge in [0.15, 0.2) is 0 Å². The second-order valence-corrected chi connectivity index (χ2v) is 2.79. The lowest BCUT2D eigenvalue weighted by atomic mass is 10.2. The van der Waals surface area contributed by atoms with Crippen molar-refractivity contribution in [3.8, 4) is 0 Å². The van der Waals surface area contributed by atoms with Gasteiger partial charge in [0.2, 0.25) is 0 Å². The van der Waals surface area contributed by atoms with Crippen LogP contribution in [0, 0.1) is 0 Å². The molecule has 0 fully saturated rings. The number of rotatable bonds is 5. The third-order valence-corrected chi connectivity index (χ3v) is 1.74. The van der Waals surface area contributed by atoms with Gasteiger partial charge in [-0.2, -0.15) is 0 Å². The molecule has 1 aromatic carbocycles.